The van der Waals surface area contributed by atoms with Crippen molar-refractivity contribution in [1.82, 2.24) is 4.98 Å². The SMILES string of the molecule is OC(C(F)(F)F)(C(F)(F)F)C1(c2cccnc2Cl)C=CC=CC1. The molecule has 0 fully saturated rings. The minimum Gasteiger partial charge on any atom is -0.373 e. The zero-order valence-electron chi connectivity index (χ0n) is 11.3. The number of aliphatic hydroxyl groups is 1. The smallest absolute Gasteiger partial charge is 0.373 e. The van der Waals surface area contributed by atoms with Gasteiger partial charge in [-0.25, -0.2) is 4.98 Å². The van der Waals surface area contributed by atoms with Gasteiger partial charge in [0.15, 0.2) is 0 Å². The number of nitrogens with zero attached hydrogens (tertiary/aromatic N) is 1. The average molecular weight is 358 g/mol. The quantitative estimate of drug-likeness (QED) is 0.631. The van der Waals surface area contributed by atoms with E-state index in [1.165, 1.54) is 6.08 Å². The summed E-state index contributed by atoms with van der Waals surface area (Å²) in [5.41, 5.74) is -8.45. The molecule has 1 aliphatic carbocycles. The van der Waals surface area contributed by atoms with Crippen LogP contribution in [-0.2, 0) is 5.41 Å². The summed E-state index contributed by atoms with van der Waals surface area (Å²) in [7, 11) is 0. The highest BCUT2D eigenvalue weighted by atomic mass is 35.5. The standard InChI is InChI=1S/C14H10ClF6NO/c15-10-9(5-4-8-22-10)11(6-2-1-3-7-11)12(23,13(16,17)18)14(19,20)21/h1-6,8,23H,7H2. The van der Waals surface area contributed by atoms with Crippen LogP contribution < -0.4 is 0 Å². The minimum absolute atomic E-state index is 0.542. The van der Waals surface area contributed by atoms with Gasteiger partial charge in [-0.05, 0) is 12.5 Å². The molecular weight excluding hydrogens is 348 g/mol. The van der Waals surface area contributed by atoms with Crippen LogP contribution in [0.15, 0.2) is 42.6 Å². The van der Waals surface area contributed by atoms with Crippen molar-refractivity contribution >= 4 is 11.6 Å². The summed E-state index contributed by atoms with van der Waals surface area (Å²) in [6, 6.07) is 2.14. The Labute approximate surface area is 132 Å². The lowest BCUT2D eigenvalue weighted by molar-refractivity contribution is -0.385. The van der Waals surface area contributed by atoms with Crippen LogP contribution in [0.4, 0.5) is 26.3 Å². The van der Waals surface area contributed by atoms with Gasteiger partial charge in [-0.15, -0.1) is 0 Å². The first-order chi connectivity index (χ1) is 10.5. The average Bonchev–Trinajstić information content (AvgIpc) is 2.45. The molecule has 23 heavy (non-hydrogen) atoms. The van der Waals surface area contributed by atoms with Crippen LogP contribution in [0, 0.1) is 0 Å². The Balaban J connectivity index is 2.85. The molecule has 0 bridgehead atoms. The molecule has 0 saturated carbocycles. The number of pyridine rings is 1. The highest BCUT2D eigenvalue weighted by molar-refractivity contribution is 6.30. The third-order valence-electron chi connectivity index (χ3n) is 3.77. The van der Waals surface area contributed by atoms with Crippen molar-refractivity contribution in [2.45, 2.75) is 29.8 Å². The first-order valence-corrected chi connectivity index (χ1v) is 6.66. The van der Waals surface area contributed by atoms with Crippen molar-refractivity contribution in [1.29, 1.82) is 0 Å². The number of hydrogen-bond acceptors (Lipinski definition) is 2. The lowest BCUT2D eigenvalue weighted by Gasteiger charge is -2.47. The van der Waals surface area contributed by atoms with Crippen molar-refractivity contribution < 1.29 is 31.4 Å². The van der Waals surface area contributed by atoms with Crippen LogP contribution in [-0.4, -0.2) is 28.0 Å². The van der Waals surface area contributed by atoms with Gasteiger partial charge < -0.3 is 5.11 Å². The van der Waals surface area contributed by atoms with Crippen molar-refractivity contribution in [2.75, 3.05) is 0 Å². The molecule has 1 heterocycles. The van der Waals surface area contributed by atoms with Crippen LogP contribution in [0.2, 0.25) is 5.15 Å². The van der Waals surface area contributed by atoms with Gasteiger partial charge in [0, 0.05) is 11.8 Å². The van der Waals surface area contributed by atoms with Gasteiger partial charge in [0.05, 0.1) is 5.41 Å². The fraction of sp³-hybridized carbons (Fsp3) is 0.357. The number of hydrogen-bond donors (Lipinski definition) is 1. The molecule has 0 radical (unpaired) electrons. The summed E-state index contributed by atoms with van der Waals surface area (Å²) >= 11 is 5.74. The van der Waals surface area contributed by atoms with Crippen LogP contribution in [0.5, 0.6) is 0 Å². The second-order valence-corrected chi connectivity index (χ2v) is 5.37. The molecule has 0 saturated heterocycles. The summed E-state index contributed by atoms with van der Waals surface area (Å²) in [5, 5.41) is 9.37. The summed E-state index contributed by atoms with van der Waals surface area (Å²) in [6.07, 6.45) is -7.53. The Morgan fingerprint density at radius 1 is 1.09 bits per heavy atom. The van der Waals surface area contributed by atoms with Gasteiger partial charge in [0.2, 0.25) is 0 Å². The lowest BCUT2D eigenvalue weighted by Crippen LogP contribution is -2.68. The summed E-state index contributed by atoms with van der Waals surface area (Å²) < 4.78 is 80.1. The molecule has 0 aliphatic heterocycles. The molecule has 1 aromatic heterocycles. The van der Waals surface area contributed by atoms with Crippen molar-refractivity contribution in [3.05, 3.63) is 53.4 Å². The lowest BCUT2D eigenvalue weighted by atomic mass is 9.63. The molecule has 1 aliphatic rings. The highest BCUT2D eigenvalue weighted by Crippen LogP contribution is 2.57. The molecule has 1 unspecified atom stereocenters. The van der Waals surface area contributed by atoms with Gasteiger partial charge in [-0.1, -0.05) is 42.0 Å². The maximum atomic E-state index is 13.4. The van der Waals surface area contributed by atoms with Gasteiger partial charge in [0.1, 0.15) is 5.15 Å². The number of rotatable bonds is 2. The molecule has 0 spiro atoms. The Bertz CT molecular complexity index is 637. The molecule has 1 atom stereocenters. The molecule has 2 rings (SSSR count). The normalized spacial score (nSPS) is 22.4. The van der Waals surface area contributed by atoms with E-state index in [1.807, 2.05) is 0 Å². The molecule has 126 valence electrons. The zero-order chi connectivity index (χ0) is 17.5. The van der Waals surface area contributed by atoms with E-state index in [0.29, 0.717) is 6.08 Å². The van der Waals surface area contributed by atoms with Gasteiger partial charge in [-0.2, -0.15) is 26.3 Å². The molecular formula is C14H10ClF6NO. The zero-order valence-corrected chi connectivity index (χ0v) is 12.0. The van der Waals surface area contributed by atoms with Crippen LogP contribution >= 0.6 is 11.6 Å². The van der Waals surface area contributed by atoms with Crippen LogP contribution in [0.25, 0.3) is 0 Å². The maximum absolute atomic E-state index is 13.4. The molecule has 9 heteroatoms. The first-order valence-electron chi connectivity index (χ1n) is 6.28. The summed E-state index contributed by atoms with van der Waals surface area (Å²) in [4.78, 5) is 3.54. The maximum Gasteiger partial charge on any atom is 0.427 e. The minimum atomic E-state index is -5.99. The Morgan fingerprint density at radius 2 is 1.70 bits per heavy atom. The number of allylic oxidation sites excluding steroid dienone is 3. The topological polar surface area (TPSA) is 33.1 Å². The van der Waals surface area contributed by atoms with E-state index >= 15 is 0 Å². The monoisotopic (exact) mass is 357 g/mol. The Hall–Kier alpha value is -1.54. The predicted molar refractivity (Wildman–Crippen MR) is 70.9 cm³/mol. The fourth-order valence-corrected chi connectivity index (χ4v) is 2.96. The second-order valence-electron chi connectivity index (χ2n) is 5.01. The molecule has 0 amide bonds. The van der Waals surface area contributed by atoms with E-state index < -0.39 is 40.5 Å². The molecule has 0 aromatic carbocycles. The van der Waals surface area contributed by atoms with Gasteiger partial charge in [-0.3, -0.25) is 0 Å². The molecule has 1 N–H and O–H groups in total. The first kappa shape index (κ1) is 17.8. The Kier molecular flexibility index (Phi) is 4.28. The van der Waals surface area contributed by atoms with Gasteiger partial charge >= 0.3 is 12.4 Å². The van der Waals surface area contributed by atoms with Crippen molar-refractivity contribution in [3.63, 3.8) is 0 Å². The van der Waals surface area contributed by atoms with E-state index in [4.69, 9.17) is 11.6 Å². The summed E-state index contributed by atoms with van der Waals surface area (Å²) in [6.45, 7) is 0. The predicted octanol–water partition coefficient (Wildman–Crippen LogP) is 4.34. The fourth-order valence-electron chi connectivity index (χ4n) is 2.67. The van der Waals surface area contributed by atoms with Crippen LogP contribution in [0.3, 0.4) is 0 Å². The number of alkyl halides is 6. The van der Waals surface area contributed by atoms with E-state index in [2.05, 4.69) is 4.98 Å². The molecule has 1 aromatic rings. The Morgan fingerprint density at radius 3 is 2.13 bits per heavy atom. The van der Waals surface area contributed by atoms with E-state index in [-0.39, 0.29) is 0 Å². The second kappa shape index (κ2) is 5.52. The van der Waals surface area contributed by atoms with E-state index in [9.17, 15) is 31.4 Å². The highest BCUT2D eigenvalue weighted by Gasteiger charge is 2.79. The van der Waals surface area contributed by atoms with Crippen molar-refractivity contribution in [3.8, 4) is 0 Å². The molecule has 2 nitrogen and oxygen atoms in total. The summed E-state index contributed by atoms with van der Waals surface area (Å²) in [5.74, 6) is 0. The van der Waals surface area contributed by atoms with Crippen molar-refractivity contribution in [2.24, 2.45) is 0 Å². The van der Waals surface area contributed by atoms with E-state index in [0.717, 1.165) is 30.5 Å². The number of aromatic nitrogens is 1. The third-order valence-corrected chi connectivity index (χ3v) is 4.07. The number of halogens is 7. The largest absolute Gasteiger partial charge is 0.427 e. The van der Waals surface area contributed by atoms with Gasteiger partial charge in [0.25, 0.3) is 5.60 Å². The third kappa shape index (κ3) is 2.53. The van der Waals surface area contributed by atoms with E-state index in [1.54, 1.807) is 0 Å². The van der Waals surface area contributed by atoms with Crippen LogP contribution in [0.1, 0.15) is 12.0 Å².